The van der Waals surface area contributed by atoms with Crippen molar-refractivity contribution in [2.24, 2.45) is 0 Å². The van der Waals surface area contributed by atoms with E-state index in [0.717, 1.165) is 23.1 Å². The summed E-state index contributed by atoms with van der Waals surface area (Å²) in [5.74, 6) is -0.861. The average molecular weight is 401 g/mol. The number of nitrogens with zero attached hydrogens (tertiary/aromatic N) is 1. The molecule has 4 heteroatoms. The molecule has 0 saturated heterocycles. The highest BCUT2D eigenvalue weighted by Gasteiger charge is 2.23. The molecule has 0 aliphatic rings. The fourth-order valence-electron chi connectivity index (χ4n) is 3.39. The Hall–Kier alpha value is -3.40. The summed E-state index contributed by atoms with van der Waals surface area (Å²) in [5.41, 5.74) is 3.70. The molecule has 1 unspecified atom stereocenters. The third-order valence-electron chi connectivity index (χ3n) is 5.27. The number of anilines is 1. The van der Waals surface area contributed by atoms with Crippen molar-refractivity contribution in [3.05, 3.63) is 102 Å². The Bertz CT molecular complexity index is 929. The van der Waals surface area contributed by atoms with Crippen LogP contribution < -0.4 is 5.32 Å². The zero-order valence-corrected chi connectivity index (χ0v) is 17.5. The van der Waals surface area contributed by atoms with E-state index in [1.807, 2.05) is 84.9 Å². The fourth-order valence-corrected chi connectivity index (χ4v) is 3.39. The maximum Gasteiger partial charge on any atom is 0.313 e. The molecule has 0 radical (unpaired) electrons. The minimum atomic E-state index is -0.613. The van der Waals surface area contributed by atoms with E-state index in [1.54, 1.807) is 4.90 Å². The number of hydrogen-bond donors (Lipinski definition) is 1. The first-order valence-electron chi connectivity index (χ1n) is 10.4. The number of nitrogens with one attached hydrogen (secondary N) is 1. The maximum atomic E-state index is 13.1. The lowest BCUT2D eigenvalue weighted by Gasteiger charge is -2.23. The standard InChI is InChI=1S/C26H28N2O2/c1-3-20(2)23-16-10-11-17-24(23)27-25(29)26(30)28(18-21-12-6-4-7-13-21)19-22-14-8-5-9-15-22/h4-17,20H,3,18-19H2,1-2H3,(H,27,29). The molecular formula is C26H28N2O2. The van der Waals surface area contributed by atoms with Gasteiger partial charge in [0.05, 0.1) is 0 Å². The molecule has 0 aliphatic heterocycles. The lowest BCUT2D eigenvalue weighted by Crippen LogP contribution is -2.39. The van der Waals surface area contributed by atoms with Crippen molar-refractivity contribution in [1.29, 1.82) is 0 Å². The summed E-state index contributed by atoms with van der Waals surface area (Å²) in [4.78, 5) is 27.6. The van der Waals surface area contributed by atoms with Crippen molar-refractivity contribution in [3.8, 4) is 0 Å². The fraction of sp³-hybridized carbons (Fsp3) is 0.231. The van der Waals surface area contributed by atoms with Crippen LogP contribution in [-0.4, -0.2) is 16.7 Å². The summed E-state index contributed by atoms with van der Waals surface area (Å²) in [6, 6.07) is 27.1. The van der Waals surface area contributed by atoms with Crippen molar-refractivity contribution in [2.45, 2.75) is 39.3 Å². The first-order chi connectivity index (χ1) is 14.6. The molecule has 4 nitrogen and oxygen atoms in total. The van der Waals surface area contributed by atoms with Crippen molar-refractivity contribution >= 4 is 17.5 Å². The van der Waals surface area contributed by atoms with Gasteiger partial charge in [-0.3, -0.25) is 9.59 Å². The molecule has 2 amide bonds. The van der Waals surface area contributed by atoms with Gasteiger partial charge >= 0.3 is 11.8 Å². The average Bonchev–Trinajstić information content (AvgIpc) is 2.79. The molecule has 3 aromatic rings. The van der Waals surface area contributed by atoms with Crippen LogP contribution in [-0.2, 0) is 22.7 Å². The molecule has 1 atom stereocenters. The molecule has 0 bridgehead atoms. The Morgan fingerprint density at radius 2 is 1.30 bits per heavy atom. The quantitative estimate of drug-likeness (QED) is 0.542. The second-order valence-electron chi connectivity index (χ2n) is 7.48. The van der Waals surface area contributed by atoms with Gasteiger partial charge in [-0.05, 0) is 35.1 Å². The number of benzene rings is 3. The highest BCUT2D eigenvalue weighted by molar-refractivity contribution is 6.39. The molecular weight excluding hydrogens is 372 g/mol. The van der Waals surface area contributed by atoms with E-state index < -0.39 is 11.8 Å². The number of amides is 2. The lowest BCUT2D eigenvalue weighted by atomic mass is 9.97. The van der Waals surface area contributed by atoms with Crippen molar-refractivity contribution in [2.75, 3.05) is 5.32 Å². The smallest absolute Gasteiger partial charge is 0.313 e. The Morgan fingerprint density at radius 3 is 1.83 bits per heavy atom. The maximum absolute atomic E-state index is 13.1. The van der Waals surface area contributed by atoms with Gasteiger partial charge in [-0.25, -0.2) is 0 Å². The van der Waals surface area contributed by atoms with E-state index in [-0.39, 0.29) is 0 Å². The third-order valence-corrected chi connectivity index (χ3v) is 5.27. The number of rotatable bonds is 7. The van der Waals surface area contributed by atoms with Gasteiger partial charge in [0.1, 0.15) is 0 Å². The zero-order valence-electron chi connectivity index (χ0n) is 17.5. The highest BCUT2D eigenvalue weighted by Crippen LogP contribution is 2.26. The number of hydrogen-bond acceptors (Lipinski definition) is 2. The van der Waals surface area contributed by atoms with Crippen LogP contribution in [0.3, 0.4) is 0 Å². The Kier molecular flexibility index (Phi) is 7.39. The van der Waals surface area contributed by atoms with Crippen LogP contribution in [0.15, 0.2) is 84.9 Å². The van der Waals surface area contributed by atoms with Gasteiger partial charge in [-0.1, -0.05) is 92.7 Å². The minimum absolute atomic E-state index is 0.293. The third kappa shape index (κ3) is 5.57. The van der Waals surface area contributed by atoms with E-state index in [2.05, 4.69) is 19.2 Å². The zero-order chi connectivity index (χ0) is 21.3. The van der Waals surface area contributed by atoms with E-state index in [9.17, 15) is 9.59 Å². The molecule has 3 rings (SSSR count). The molecule has 154 valence electrons. The summed E-state index contributed by atoms with van der Waals surface area (Å²) in [5, 5.41) is 2.85. The normalized spacial score (nSPS) is 11.5. The van der Waals surface area contributed by atoms with Gasteiger partial charge in [-0.2, -0.15) is 0 Å². The van der Waals surface area contributed by atoms with Crippen LogP contribution in [0.4, 0.5) is 5.69 Å². The van der Waals surface area contributed by atoms with Crippen LogP contribution in [0.5, 0.6) is 0 Å². The van der Waals surface area contributed by atoms with Gasteiger partial charge in [0.2, 0.25) is 0 Å². The number of carbonyl (C=O) groups excluding carboxylic acids is 2. The number of para-hydroxylation sites is 1. The summed E-state index contributed by atoms with van der Waals surface area (Å²) in [6.45, 7) is 4.96. The van der Waals surface area contributed by atoms with Crippen molar-refractivity contribution < 1.29 is 9.59 Å². The molecule has 0 heterocycles. The van der Waals surface area contributed by atoms with Crippen molar-refractivity contribution in [1.82, 2.24) is 4.90 Å². The van der Waals surface area contributed by atoms with Crippen LogP contribution in [0.1, 0.15) is 42.9 Å². The number of carbonyl (C=O) groups is 2. The van der Waals surface area contributed by atoms with Gasteiger partial charge in [0, 0.05) is 18.8 Å². The van der Waals surface area contributed by atoms with Gasteiger partial charge in [0.25, 0.3) is 0 Å². The second-order valence-corrected chi connectivity index (χ2v) is 7.48. The molecule has 1 N–H and O–H groups in total. The first kappa shape index (κ1) is 21.3. The SMILES string of the molecule is CCC(C)c1ccccc1NC(=O)C(=O)N(Cc1ccccc1)Cc1ccccc1. The molecule has 30 heavy (non-hydrogen) atoms. The predicted octanol–water partition coefficient (Wildman–Crippen LogP) is 5.37. The summed E-state index contributed by atoms with van der Waals surface area (Å²) in [7, 11) is 0. The Balaban J connectivity index is 1.80. The van der Waals surface area contributed by atoms with E-state index in [1.165, 1.54) is 0 Å². The van der Waals surface area contributed by atoms with E-state index in [0.29, 0.717) is 24.7 Å². The molecule has 0 spiro atoms. The summed E-state index contributed by atoms with van der Waals surface area (Å²) >= 11 is 0. The molecule has 3 aromatic carbocycles. The molecule has 0 aromatic heterocycles. The van der Waals surface area contributed by atoms with E-state index >= 15 is 0 Å². The molecule has 0 saturated carbocycles. The Morgan fingerprint density at radius 1 is 0.800 bits per heavy atom. The summed E-state index contributed by atoms with van der Waals surface area (Å²) < 4.78 is 0. The second kappa shape index (κ2) is 10.4. The molecule has 0 aliphatic carbocycles. The van der Waals surface area contributed by atoms with Crippen LogP contribution in [0, 0.1) is 0 Å². The highest BCUT2D eigenvalue weighted by atomic mass is 16.2. The van der Waals surface area contributed by atoms with Gasteiger partial charge < -0.3 is 10.2 Å². The molecule has 0 fully saturated rings. The minimum Gasteiger partial charge on any atom is -0.326 e. The first-order valence-corrected chi connectivity index (χ1v) is 10.4. The largest absolute Gasteiger partial charge is 0.326 e. The van der Waals surface area contributed by atoms with Crippen LogP contribution in [0.25, 0.3) is 0 Å². The lowest BCUT2D eigenvalue weighted by molar-refractivity contribution is -0.144. The van der Waals surface area contributed by atoms with Crippen LogP contribution in [0.2, 0.25) is 0 Å². The predicted molar refractivity (Wildman–Crippen MR) is 121 cm³/mol. The summed E-state index contributed by atoms with van der Waals surface area (Å²) in [6.07, 6.45) is 0.953. The monoisotopic (exact) mass is 400 g/mol. The topological polar surface area (TPSA) is 49.4 Å². The Labute approximate surface area is 178 Å². The van der Waals surface area contributed by atoms with Gasteiger partial charge in [0.15, 0.2) is 0 Å². The van der Waals surface area contributed by atoms with Crippen LogP contribution >= 0.6 is 0 Å². The van der Waals surface area contributed by atoms with Gasteiger partial charge in [-0.15, -0.1) is 0 Å². The van der Waals surface area contributed by atoms with E-state index in [4.69, 9.17) is 0 Å². The van der Waals surface area contributed by atoms with Crippen molar-refractivity contribution in [3.63, 3.8) is 0 Å².